The summed E-state index contributed by atoms with van der Waals surface area (Å²) in [5.74, 6) is -3.48. The smallest absolute Gasteiger partial charge is 0.407 e. The van der Waals surface area contributed by atoms with Crippen LogP contribution in [0.3, 0.4) is 0 Å². The number of alkyl carbamates (subject to hydrolysis) is 1. The number of amides is 2. The summed E-state index contributed by atoms with van der Waals surface area (Å²) in [6, 6.07) is 18.7. The Morgan fingerprint density at radius 3 is 2.15 bits per heavy atom. The van der Waals surface area contributed by atoms with E-state index in [2.05, 4.69) is 10.6 Å². The van der Waals surface area contributed by atoms with Crippen molar-refractivity contribution >= 4 is 25.6 Å². The van der Waals surface area contributed by atoms with E-state index < -0.39 is 42.9 Å². The predicted octanol–water partition coefficient (Wildman–Crippen LogP) is 3.77. The van der Waals surface area contributed by atoms with E-state index >= 15 is 0 Å². The zero-order chi connectivity index (χ0) is 29.9. The molecule has 0 spiro atoms. The van der Waals surface area contributed by atoms with E-state index in [4.69, 9.17) is 9.26 Å². The molecule has 3 rings (SSSR count). The number of benzene rings is 2. The topological polar surface area (TPSA) is 154 Å². The van der Waals surface area contributed by atoms with Gasteiger partial charge in [-0.15, -0.1) is 0 Å². The molecule has 1 aliphatic rings. The fourth-order valence-corrected chi connectivity index (χ4v) is 6.58. The molecule has 1 saturated heterocycles. The second-order valence-electron chi connectivity index (χ2n) is 10.5. The largest absolute Gasteiger partial charge is 0.479 e. The minimum atomic E-state index is -4.59. The third-order valence-electron chi connectivity index (χ3n) is 7.04. The first-order chi connectivity index (χ1) is 19.5. The Bertz CT molecular complexity index is 1190. The maximum absolute atomic E-state index is 13.4. The monoisotopic (exact) mass is 589 g/mol. The van der Waals surface area contributed by atoms with Crippen molar-refractivity contribution in [3.05, 3.63) is 71.8 Å². The van der Waals surface area contributed by atoms with Gasteiger partial charge in [-0.1, -0.05) is 74.5 Å². The molecule has 2 unspecified atom stereocenters. The number of hydrogen-bond donors (Lipinski definition) is 4. The molecule has 11 nitrogen and oxygen atoms in total. The van der Waals surface area contributed by atoms with E-state index in [1.807, 2.05) is 65.6 Å². The molecule has 2 aromatic carbocycles. The van der Waals surface area contributed by atoms with Crippen molar-refractivity contribution in [2.75, 3.05) is 26.2 Å². The summed E-state index contributed by atoms with van der Waals surface area (Å²) in [6.45, 7) is 4.79. The zero-order valence-electron chi connectivity index (χ0n) is 23.5. The molecule has 12 heteroatoms. The summed E-state index contributed by atoms with van der Waals surface area (Å²) >= 11 is 0. The van der Waals surface area contributed by atoms with Gasteiger partial charge in [0.15, 0.2) is 5.60 Å². The van der Waals surface area contributed by atoms with Crippen LogP contribution in [0.15, 0.2) is 60.7 Å². The molecule has 0 bridgehead atoms. The van der Waals surface area contributed by atoms with E-state index in [-0.39, 0.29) is 45.5 Å². The number of likely N-dealkylation sites (tertiary alicyclic amines) is 1. The first-order valence-electron chi connectivity index (χ1n) is 13.8. The van der Waals surface area contributed by atoms with Crippen molar-refractivity contribution in [1.82, 2.24) is 15.5 Å². The normalized spacial score (nSPS) is 17.3. The number of nitrogens with one attached hydrogen (secondary N) is 2. The summed E-state index contributed by atoms with van der Waals surface area (Å²) in [6.07, 6.45) is -0.0420. The Hall–Kier alpha value is -3.24. The van der Waals surface area contributed by atoms with Crippen molar-refractivity contribution < 1.29 is 38.2 Å². The standard InChI is InChI=1S/C29H40N3O8P/c1-22(2)26(31-25(33)14-13-23-9-5-3-6-10-23)41(37,38)40-29(27(34)35)15-18-32(19-16-29)20-17-30-28(36)39-21-24-11-7-4-8-12-24/h3-12,22,26H,13-21H2,1-2H3,(H,30,36)(H,31,33)(H,34,35)(H,37,38). The lowest BCUT2D eigenvalue weighted by molar-refractivity contribution is -0.160. The van der Waals surface area contributed by atoms with Crippen LogP contribution < -0.4 is 10.6 Å². The van der Waals surface area contributed by atoms with Crippen molar-refractivity contribution in [2.24, 2.45) is 5.92 Å². The number of carbonyl (C=O) groups excluding carboxylic acids is 2. The highest BCUT2D eigenvalue weighted by Crippen LogP contribution is 2.54. The highest BCUT2D eigenvalue weighted by Gasteiger charge is 2.50. The van der Waals surface area contributed by atoms with Gasteiger partial charge in [0.05, 0.1) is 0 Å². The second-order valence-corrected chi connectivity index (χ2v) is 12.4. The van der Waals surface area contributed by atoms with Gasteiger partial charge < -0.3 is 30.3 Å². The Morgan fingerprint density at radius 1 is 1.00 bits per heavy atom. The van der Waals surface area contributed by atoms with Gasteiger partial charge in [-0.25, -0.2) is 9.59 Å². The van der Waals surface area contributed by atoms with Crippen molar-refractivity contribution in [3.8, 4) is 0 Å². The molecule has 0 radical (unpaired) electrons. The molecule has 2 atom stereocenters. The number of aliphatic carboxylic acids is 1. The van der Waals surface area contributed by atoms with Crippen LogP contribution >= 0.6 is 7.60 Å². The average molecular weight is 590 g/mol. The number of carboxylic acid groups (broad SMARTS) is 1. The molecular formula is C29H40N3O8P. The Kier molecular flexibility index (Phi) is 11.9. The molecule has 4 N–H and O–H groups in total. The lowest BCUT2D eigenvalue weighted by Crippen LogP contribution is -2.52. The minimum Gasteiger partial charge on any atom is -0.479 e. The molecule has 0 aromatic heterocycles. The fraction of sp³-hybridized carbons (Fsp3) is 0.483. The van der Waals surface area contributed by atoms with Crippen LogP contribution in [0, 0.1) is 5.92 Å². The second kappa shape index (κ2) is 15.1. The Labute approximate surface area is 240 Å². The van der Waals surface area contributed by atoms with E-state index in [9.17, 15) is 28.9 Å². The number of carboxylic acids is 1. The van der Waals surface area contributed by atoms with Crippen LogP contribution in [0.25, 0.3) is 0 Å². The molecule has 0 saturated carbocycles. The van der Waals surface area contributed by atoms with Crippen molar-refractivity contribution in [3.63, 3.8) is 0 Å². The molecule has 224 valence electrons. The number of aryl methyl sites for hydroxylation is 1. The van der Waals surface area contributed by atoms with Gasteiger partial charge in [0, 0.05) is 45.4 Å². The van der Waals surface area contributed by atoms with Crippen LogP contribution in [0.4, 0.5) is 4.79 Å². The van der Waals surface area contributed by atoms with Gasteiger partial charge in [-0.2, -0.15) is 0 Å². The maximum Gasteiger partial charge on any atom is 0.407 e. The van der Waals surface area contributed by atoms with Gasteiger partial charge in [-0.3, -0.25) is 13.9 Å². The molecule has 0 aliphatic carbocycles. The van der Waals surface area contributed by atoms with E-state index in [1.54, 1.807) is 13.8 Å². The van der Waals surface area contributed by atoms with Gasteiger partial charge in [0.2, 0.25) is 5.91 Å². The molecular weight excluding hydrogens is 549 g/mol. The van der Waals surface area contributed by atoms with Gasteiger partial charge in [0.25, 0.3) is 0 Å². The summed E-state index contributed by atoms with van der Waals surface area (Å²) in [7, 11) is -4.59. The number of nitrogens with zero attached hydrogens (tertiary/aromatic N) is 1. The summed E-state index contributed by atoms with van der Waals surface area (Å²) in [5, 5.41) is 15.3. The Balaban J connectivity index is 1.49. The van der Waals surface area contributed by atoms with Gasteiger partial charge in [-0.05, 0) is 23.5 Å². The van der Waals surface area contributed by atoms with Gasteiger partial charge in [0.1, 0.15) is 12.4 Å². The summed E-state index contributed by atoms with van der Waals surface area (Å²) < 4.78 is 24.2. The molecule has 41 heavy (non-hydrogen) atoms. The predicted molar refractivity (Wildman–Crippen MR) is 153 cm³/mol. The van der Waals surface area contributed by atoms with Gasteiger partial charge >= 0.3 is 19.7 Å². The molecule has 1 aliphatic heterocycles. The number of hydrogen-bond acceptors (Lipinski definition) is 7. The zero-order valence-corrected chi connectivity index (χ0v) is 24.4. The highest BCUT2D eigenvalue weighted by atomic mass is 31.2. The van der Waals surface area contributed by atoms with Crippen LogP contribution in [-0.2, 0) is 36.4 Å². The van der Waals surface area contributed by atoms with Crippen LogP contribution in [0.2, 0.25) is 0 Å². The SMILES string of the molecule is CC(C)C(NC(=O)CCc1ccccc1)P(=O)(O)OC1(C(=O)O)CCN(CCNC(=O)OCc2ccccc2)CC1. The number of piperidine rings is 1. The number of carbonyl (C=O) groups is 3. The van der Waals surface area contributed by atoms with E-state index in [1.165, 1.54) is 0 Å². The first kappa shape index (κ1) is 32.3. The van der Waals surface area contributed by atoms with Crippen molar-refractivity contribution in [1.29, 1.82) is 0 Å². The first-order valence-corrected chi connectivity index (χ1v) is 15.4. The molecule has 2 aromatic rings. The number of ether oxygens (including phenoxy) is 1. The summed E-state index contributed by atoms with van der Waals surface area (Å²) in [4.78, 5) is 49.8. The quantitative estimate of drug-likeness (QED) is 0.241. The lowest BCUT2D eigenvalue weighted by atomic mass is 9.92. The fourth-order valence-electron chi connectivity index (χ4n) is 4.64. The third-order valence-corrected chi connectivity index (χ3v) is 9.08. The summed E-state index contributed by atoms with van der Waals surface area (Å²) in [5.41, 5.74) is -0.0376. The Morgan fingerprint density at radius 2 is 1.59 bits per heavy atom. The minimum absolute atomic E-state index is 0.0297. The van der Waals surface area contributed by atoms with Crippen LogP contribution in [0.5, 0.6) is 0 Å². The average Bonchev–Trinajstić information content (AvgIpc) is 2.95. The number of rotatable bonds is 14. The van der Waals surface area contributed by atoms with E-state index in [0.29, 0.717) is 13.0 Å². The van der Waals surface area contributed by atoms with Crippen LogP contribution in [-0.4, -0.2) is 70.4 Å². The molecule has 1 heterocycles. The van der Waals surface area contributed by atoms with Crippen LogP contribution in [0.1, 0.15) is 44.2 Å². The molecule has 1 fully saturated rings. The van der Waals surface area contributed by atoms with Crippen molar-refractivity contribution in [2.45, 2.75) is 57.5 Å². The lowest BCUT2D eigenvalue weighted by Gasteiger charge is -2.40. The van der Waals surface area contributed by atoms with E-state index in [0.717, 1.165) is 11.1 Å². The maximum atomic E-state index is 13.4. The molecule has 2 amide bonds. The third kappa shape index (κ3) is 9.97. The highest BCUT2D eigenvalue weighted by molar-refractivity contribution is 7.53.